The van der Waals surface area contributed by atoms with Crippen LogP contribution in [-0.2, 0) is 6.54 Å². The summed E-state index contributed by atoms with van der Waals surface area (Å²) in [7, 11) is 1.54. The van der Waals surface area contributed by atoms with Crippen LogP contribution in [-0.4, -0.2) is 29.1 Å². The number of ether oxygens (including phenoxy) is 1. The molecular formula is C21H30N4O4. The van der Waals surface area contributed by atoms with E-state index in [1.807, 2.05) is 27.7 Å². The number of carbonyl (C=O) groups is 1. The number of H-pyrrole nitrogens is 1. The lowest BCUT2D eigenvalue weighted by Crippen LogP contribution is -2.42. The summed E-state index contributed by atoms with van der Waals surface area (Å²) in [4.78, 5) is 41.9. The minimum atomic E-state index is -0.670. The molecule has 0 saturated carbocycles. The van der Waals surface area contributed by atoms with Crippen molar-refractivity contribution in [3.8, 4) is 5.75 Å². The van der Waals surface area contributed by atoms with Crippen LogP contribution in [0.4, 0.5) is 11.5 Å². The van der Waals surface area contributed by atoms with Gasteiger partial charge in [-0.3, -0.25) is 19.1 Å². The highest BCUT2D eigenvalue weighted by Gasteiger charge is 2.25. The second kappa shape index (κ2) is 9.45. The molecular weight excluding hydrogens is 372 g/mol. The van der Waals surface area contributed by atoms with Gasteiger partial charge in [0, 0.05) is 18.7 Å². The number of aromatic amines is 1. The first-order valence-electron chi connectivity index (χ1n) is 9.80. The van der Waals surface area contributed by atoms with Gasteiger partial charge in [-0.25, -0.2) is 4.79 Å². The number of methoxy groups -OCH3 is 1. The Hall–Kier alpha value is -3.03. The Morgan fingerprint density at radius 2 is 2.00 bits per heavy atom. The highest BCUT2D eigenvalue weighted by atomic mass is 16.5. The molecule has 8 nitrogen and oxygen atoms in total. The van der Waals surface area contributed by atoms with Crippen molar-refractivity contribution in [1.82, 2.24) is 9.55 Å². The topological polar surface area (TPSA) is 110 Å². The SMILES string of the molecule is CCCCN(C(=O)c1ccc(C)c(OC)c1)c1c(N)n(CC(C)C)c(=O)[nH]c1=O. The van der Waals surface area contributed by atoms with Gasteiger partial charge >= 0.3 is 5.69 Å². The number of nitrogen functional groups attached to an aromatic ring is 1. The number of nitrogens with two attached hydrogens (primary N) is 1. The molecule has 1 amide bonds. The van der Waals surface area contributed by atoms with Crippen LogP contribution < -0.4 is 26.6 Å². The second-order valence-corrected chi connectivity index (χ2v) is 7.49. The van der Waals surface area contributed by atoms with Gasteiger partial charge in [0.05, 0.1) is 7.11 Å². The third-order valence-electron chi connectivity index (χ3n) is 4.67. The molecule has 2 aromatic rings. The molecule has 0 aliphatic heterocycles. The molecule has 0 unspecified atom stereocenters. The molecule has 3 N–H and O–H groups in total. The zero-order valence-corrected chi connectivity index (χ0v) is 17.7. The maximum Gasteiger partial charge on any atom is 0.330 e. The summed E-state index contributed by atoms with van der Waals surface area (Å²) in [6.45, 7) is 8.39. The molecule has 0 aliphatic rings. The van der Waals surface area contributed by atoms with Crippen LogP contribution in [0.1, 0.15) is 49.5 Å². The lowest BCUT2D eigenvalue weighted by molar-refractivity contribution is 0.0986. The highest BCUT2D eigenvalue weighted by Crippen LogP contribution is 2.24. The molecule has 29 heavy (non-hydrogen) atoms. The number of anilines is 2. The van der Waals surface area contributed by atoms with Crippen LogP contribution in [0.25, 0.3) is 0 Å². The molecule has 158 valence electrons. The van der Waals surface area contributed by atoms with Crippen molar-refractivity contribution in [3.05, 3.63) is 50.2 Å². The third-order valence-corrected chi connectivity index (χ3v) is 4.67. The van der Waals surface area contributed by atoms with Crippen molar-refractivity contribution in [2.45, 2.75) is 47.1 Å². The number of amides is 1. The average Bonchev–Trinajstić information content (AvgIpc) is 2.67. The van der Waals surface area contributed by atoms with E-state index in [0.717, 1.165) is 12.0 Å². The van der Waals surface area contributed by atoms with Gasteiger partial charge in [0.1, 0.15) is 11.6 Å². The molecule has 0 radical (unpaired) electrons. The molecule has 8 heteroatoms. The van der Waals surface area contributed by atoms with Crippen molar-refractivity contribution in [1.29, 1.82) is 0 Å². The lowest BCUT2D eigenvalue weighted by Gasteiger charge is -2.25. The molecule has 0 aliphatic carbocycles. The number of unbranched alkanes of at least 4 members (excludes halogenated alkanes) is 1. The Morgan fingerprint density at radius 1 is 1.31 bits per heavy atom. The van der Waals surface area contributed by atoms with E-state index in [-0.39, 0.29) is 23.3 Å². The molecule has 1 heterocycles. The molecule has 0 atom stereocenters. The van der Waals surface area contributed by atoms with Crippen molar-refractivity contribution in [3.63, 3.8) is 0 Å². The van der Waals surface area contributed by atoms with Gasteiger partial charge in [-0.05, 0) is 37.0 Å². The van der Waals surface area contributed by atoms with E-state index in [2.05, 4.69) is 4.98 Å². The van der Waals surface area contributed by atoms with Crippen molar-refractivity contribution in [2.75, 3.05) is 24.3 Å². The van der Waals surface area contributed by atoms with E-state index in [1.165, 1.54) is 16.6 Å². The van der Waals surface area contributed by atoms with Gasteiger partial charge in [0.2, 0.25) is 0 Å². The molecule has 1 aromatic heterocycles. The Bertz CT molecular complexity index is 991. The number of aromatic nitrogens is 2. The van der Waals surface area contributed by atoms with E-state index in [9.17, 15) is 14.4 Å². The number of carbonyl (C=O) groups excluding carboxylic acids is 1. The predicted molar refractivity (Wildman–Crippen MR) is 115 cm³/mol. The third kappa shape index (κ3) is 4.88. The van der Waals surface area contributed by atoms with Crippen LogP contribution in [0.2, 0.25) is 0 Å². The van der Waals surface area contributed by atoms with E-state index in [0.29, 0.717) is 30.8 Å². The Labute approximate surface area is 170 Å². The first kappa shape index (κ1) is 22.3. The predicted octanol–water partition coefficient (Wildman–Crippen LogP) is 2.54. The normalized spacial score (nSPS) is 11.0. The van der Waals surface area contributed by atoms with Crippen molar-refractivity contribution < 1.29 is 9.53 Å². The number of benzene rings is 1. The summed E-state index contributed by atoms with van der Waals surface area (Å²) < 4.78 is 6.63. The zero-order valence-electron chi connectivity index (χ0n) is 17.7. The molecule has 0 bridgehead atoms. The van der Waals surface area contributed by atoms with Crippen molar-refractivity contribution >= 4 is 17.4 Å². The monoisotopic (exact) mass is 402 g/mol. The summed E-state index contributed by atoms with van der Waals surface area (Å²) in [6, 6.07) is 5.12. The van der Waals surface area contributed by atoms with Gasteiger partial charge in [-0.15, -0.1) is 0 Å². The van der Waals surface area contributed by atoms with Gasteiger partial charge in [-0.2, -0.15) is 0 Å². The Balaban J connectivity index is 2.62. The number of hydrogen-bond donors (Lipinski definition) is 2. The molecule has 2 rings (SSSR count). The van der Waals surface area contributed by atoms with Gasteiger partial charge in [0.15, 0.2) is 5.69 Å². The number of hydrogen-bond acceptors (Lipinski definition) is 5. The van der Waals surface area contributed by atoms with Gasteiger partial charge in [0.25, 0.3) is 11.5 Å². The summed E-state index contributed by atoms with van der Waals surface area (Å²) in [5.41, 5.74) is 6.25. The highest BCUT2D eigenvalue weighted by molar-refractivity contribution is 6.07. The summed E-state index contributed by atoms with van der Waals surface area (Å²) in [6.07, 6.45) is 1.50. The quantitative estimate of drug-likeness (QED) is 0.705. The minimum Gasteiger partial charge on any atom is -0.496 e. The van der Waals surface area contributed by atoms with Gasteiger partial charge < -0.3 is 15.4 Å². The van der Waals surface area contributed by atoms with E-state index in [4.69, 9.17) is 10.5 Å². The van der Waals surface area contributed by atoms with Crippen LogP contribution in [0, 0.1) is 12.8 Å². The summed E-state index contributed by atoms with van der Waals surface area (Å²) in [5.74, 6) is 0.340. The summed E-state index contributed by atoms with van der Waals surface area (Å²) >= 11 is 0. The van der Waals surface area contributed by atoms with Crippen LogP contribution in [0.3, 0.4) is 0 Å². The number of nitrogens with one attached hydrogen (secondary N) is 1. The van der Waals surface area contributed by atoms with E-state index in [1.54, 1.807) is 18.2 Å². The smallest absolute Gasteiger partial charge is 0.330 e. The molecule has 1 aromatic carbocycles. The zero-order chi connectivity index (χ0) is 21.7. The van der Waals surface area contributed by atoms with Crippen LogP contribution in [0.5, 0.6) is 5.75 Å². The molecule has 0 fully saturated rings. The Kier molecular flexibility index (Phi) is 7.25. The lowest BCUT2D eigenvalue weighted by atomic mass is 10.1. The number of nitrogens with zero attached hydrogens (tertiary/aromatic N) is 2. The maximum absolute atomic E-state index is 13.3. The fourth-order valence-corrected chi connectivity index (χ4v) is 3.12. The number of aryl methyl sites for hydroxylation is 1. The summed E-state index contributed by atoms with van der Waals surface area (Å²) in [5, 5.41) is 0. The maximum atomic E-state index is 13.3. The Morgan fingerprint density at radius 3 is 2.59 bits per heavy atom. The molecule has 0 spiro atoms. The minimum absolute atomic E-state index is 0.00300. The van der Waals surface area contributed by atoms with Crippen LogP contribution in [0.15, 0.2) is 27.8 Å². The van der Waals surface area contributed by atoms with Gasteiger partial charge in [-0.1, -0.05) is 33.3 Å². The first-order valence-corrected chi connectivity index (χ1v) is 9.80. The standard InChI is InChI=1S/C21H30N4O4/c1-6-7-10-24(20(27)15-9-8-14(4)16(11-15)29-5)17-18(22)25(12-13(2)3)21(28)23-19(17)26/h8-9,11,13H,6-7,10,12,22H2,1-5H3,(H,23,26,28). The van der Waals surface area contributed by atoms with E-state index < -0.39 is 11.2 Å². The van der Waals surface area contributed by atoms with Crippen molar-refractivity contribution in [2.24, 2.45) is 5.92 Å². The van der Waals surface area contributed by atoms with Crippen LogP contribution >= 0.6 is 0 Å². The fraction of sp³-hybridized carbons (Fsp3) is 0.476. The first-order chi connectivity index (χ1) is 13.7. The molecule has 0 saturated heterocycles. The van der Waals surface area contributed by atoms with E-state index >= 15 is 0 Å². The second-order valence-electron chi connectivity index (χ2n) is 7.49. The number of rotatable bonds is 8. The fourth-order valence-electron chi connectivity index (χ4n) is 3.12. The largest absolute Gasteiger partial charge is 0.496 e. The average molecular weight is 402 g/mol.